The van der Waals surface area contributed by atoms with E-state index >= 15 is 0 Å². The number of urea groups is 1. The van der Waals surface area contributed by atoms with Gasteiger partial charge in [0.05, 0.1) is 5.69 Å². The van der Waals surface area contributed by atoms with E-state index in [0.717, 1.165) is 40.8 Å². The number of alkyl halides is 3. The molecule has 226 valence electrons. The molecule has 4 rings (SSSR count). The van der Waals surface area contributed by atoms with Gasteiger partial charge in [-0.2, -0.15) is 0 Å². The number of guanidine groups is 1. The summed E-state index contributed by atoms with van der Waals surface area (Å²) in [5, 5.41) is 9.70. The van der Waals surface area contributed by atoms with Gasteiger partial charge in [-0.25, -0.2) is 24.2 Å². The van der Waals surface area contributed by atoms with Crippen molar-refractivity contribution >= 4 is 23.9 Å². The van der Waals surface area contributed by atoms with Gasteiger partial charge < -0.3 is 15.8 Å². The van der Waals surface area contributed by atoms with Gasteiger partial charge in [0.25, 0.3) is 0 Å². The first-order valence-electron chi connectivity index (χ1n) is 13.3. The number of halogens is 3. The molecular weight excluding hydrogens is 581 g/mol. The Kier molecular flexibility index (Phi) is 11.0. The van der Waals surface area contributed by atoms with E-state index in [4.69, 9.17) is 5.73 Å². The molecule has 4 aromatic rings. The molecule has 0 aliphatic carbocycles. The fourth-order valence-corrected chi connectivity index (χ4v) is 4.56. The Morgan fingerprint density at radius 3 is 2.51 bits per heavy atom. The van der Waals surface area contributed by atoms with E-state index in [1.54, 1.807) is 0 Å². The number of rotatable bonds is 12. The van der Waals surface area contributed by atoms with Crippen LogP contribution in [0, 0.1) is 6.92 Å². The summed E-state index contributed by atoms with van der Waals surface area (Å²) < 4.78 is 45.5. The molecule has 0 saturated carbocycles. The highest BCUT2D eigenvalue weighted by atomic mass is 32.2. The Morgan fingerprint density at radius 2 is 1.79 bits per heavy atom. The average Bonchev–Trinajstić information content (AvgIpc) is 3.46. The zero-order valence-electron chi connectivity index (χ0n) is 23.3. The Labute approximate surface area is 251 Å². The van der Waals surface area contributed by atoms with Gasteiger partial charge in [0.2, 0.25) is 0 Å². The van der Waals surface area contributed by atoms with Crippen LogP contribution in [0.1, 0.15) is 24.0 Å². The van der Waals surface area contributed by atoms with Crippen LogP contribution < -0.4 is 25.8 Å². The highest BCUT2D eigenvalue weighted by molar-refractivity contribution is 7.97. The van der Waals surface area contributed by atoms with Gasteiger partial charge in [-0.3, -0.25) is 5.32 Å². The molecule has 0 radical (unpaired) electrons. The lowest BCUT2D eigenvalue weighted by atomic mass is 10.1. The average molecular weight is 613 g/mol. The zero-order valence-corrected chi connectivity index (χ0v) is 24.1. The van der Waals surface area contributed by atoms with Crippen molar-refractivity contribution in [2.24, 2.45) is 10.7 Å². The summed E-state index contributed by atoms with van der Waals surface area (Å²) in [6, 6.07) is 20.7. The third-order valence-electron chi connectivity index (χ3n) is 6.05. The van der Waals surface area contributed by atoms with Crippen LogP contribution in [0.2, 0.25) is 0 Å². The van der Waals surface area contributed by atoms with Crippen molar-refractivity contribution in [1.82, 2.24) is 30.1 Å². The molecule has 3 aromatic carbocycles. The maximum Gasteiger partial charge on any atom is 0.573 e. The summed E-state index contributed by atoms with van der Waals surface area (Å²) in [5.74, 6) is 0.211. The molecule has 0 aliphatic rings. The second-order valence-corrected chi connectivity index (χ2v) is 10.2. The number of aromatic nitrogens is 3. The van der Waals surface area contributed by atoms with E-state index in [1.165, 1.54) is 47.2 Å². The zero-order chi connectivity index (χ0) is 30.7. The number of hydrogen-bond acceptors (Lipinski definition) is 7. The second kappa shape index (κ2) is 15.1. The standard InChI is InChI=1S/C29H31F3N8O2S/c1-20-6-2-3-8-25(20)43-37-18-35-27(33)38-28(41)34-17-5-4-7-21-9-11-22(12-10-21)26-36-19-40(39-26)23-13-15-24(16-14-23)42-29(30,31)32/h2-3,6,8-16,19,37H,4-5,7,17-18H2,1H3,(H4,33,34,35,38,41). The number of nitrogens with two attached hydrogens (primary N) is 1. The summed E-state index contributed by atoms with van der Waals surface area (Å²) in [7, 11) is 0. The van der Waals surface area contributed by atoms with Crippen molar-refractivity contribution in [2.45, 2.75) is 37.4 Å². The number of ether oxygens (including phenoxy) is 1. The smallest absolute Gasteiger partial charge is 0.406 e. The SMILES string of the molecule is Cc1ccccc1SNCN=C(N)NC(=O)NCCCCc1ccc(-c2ncn(-c3ccc(OC(F)(F)F)cc3)n2)cc1. The van der Waals surface area contributed by atoms with Crippen molar-refractivity contribution in [3.8, 4) is 22.8 Å². The minimum absolute atomic E-state index is 0.0308. The largest absolute Gasteiger partial charge is 0.573 e. The lowest BCUT2D eigenvalue weighted by Gasteiger charge is -2.09. The van der Waals surface area contributed by atoms with Gasteiger partial charge in [0.15, 0.2) is 11.8 Å². The molecule has 2 amide bonds. The van der Waals surface area contributed by atoms with Crippen molar-refractivity contribution in [2.75, 3.05) is 13.2 Å². The maximum atomic E-state index is 12.4. The van der Waals surface area contributed by atoms with Crippen LogP contribution in [0.5, 0.6) is 5.75 Å². The molecule has 0 fully saturated rings. The second-order valence-electron chi connectivity index (χ2n) is 9.30. The number of amides is 2. The van der Waals surface area contributed by atoms with Crippen molar-refractivity contribution in [1.29, 1.82) is 0 Å². The summed E-state index contributed by atoms with van der Waals surface area (Å²) in [6.45, 7) is 2.76. The fraction of sp³-hybridized carbons (Fsp3) is 0.241. The van der Waals surface area contributed by atoms with E-state index in [-0.39, 0.29) is 18.4 Å². The number of carbonyl (C=O) groups excluding carboxylic acids is 1. The monoisotopic (exact) mass is 612 g/mol. The number of hydrogen-bond donors (Lipinski definition) is 4. The molecule has 14 heteroatoms. The molecule has 5 N–H and O–H groups in total. The van der Waals surface area contributed by atoms with Crippen LogP contribution >= 0.6 is 11.9 Å². The first-order chi connectivity index (χ1) is 20.7. The first-order valence-corrected chi connectivity index (χ1v) is 14.2. The van der Waals surface area contributed by atoms with Crippen LogP contribution in [-0.2, 0) is 6.42 Å². The summed E-state index contributed by atoms with van der Waals surface area (Å²) in [5.41, 5.74) is 9.41. The molecule has 43 heavy (non-hydrogen) atoms. The number of aliphatic imine (C=N–C) groups is 1. The van der Waals surface area contributed by atoms with Gasteiger partial charge in [0, 0.05) is 17.0 Å². The van der Waals surface area contributed by atoms with E-state index < -0.39 is 12.4 Å². The normalized spacial score (nSPS) is 11.8. The van der Waals surface area contributed by atoms with Crippen molar-refractivity contribution in [3.05, 3.63) is 90.3 Å². The highest BCUT2D eigenvalue weighted by Gasteiger charge is 2.31. The Hall–Kier alpha value is -4.56. The molecule has 0 unspecified atom stereocenters. The van der Waals surface area contributed by atoms with Crippen molar-refractivity contribution < 1.29 is 22.7 Å². The third kappa shape index (κ3) is 10.3. The van der Waals surface area contributed by atoms with Gasteiger partial charge in [-0.15, -0.1) is 18.3 Å². The summed E-state index contributed by atoms with van der Waals surface area (Å²) >= 11 is 1.45. The maximum absolute atomic E-state index is 12.4. The molecule has 1 aromatic heterocycles. The Bertz CT molecular complexity index is 1510. The van der Waals surface area contributed by atoms with E-state index in [9.17, 15) is 18.0 Å². The van der Waals surface area contributed by atoms with Gasteiger partial charge >= 0.3 is 12.4 Å². The third-order valence-corrected chi connectivity index (χ3v) is 7.00. The fourth-order valence-electron chi connectivity index (χ4n) is 3.90. The molecule has 0 aliphatic heterocycles. The topological polar surface area (TPSA) is 131 Å². The molecular formula is C29H31F3N8O2S. The Morgan fingerprint density at radius 1 is 1.05 bits per heavy atom. The van der Waals surface area contributed by atoms with Crippen LogP contribution in [-0.4, -0.2) is 46.3 Å². The predicted octanol–water partition coefficient (Wildman–Crippen LogP) is 5.33. The van der Waals surface area contributed by atoms with E-state index in [1.807, 2.05) is 55.5 Å². The summed E-state index contributed by atoms with van der Waals surface area (Å²) in [6.07, 6.45) is -0.782. The number of nitrogens with one attached hydrogen (secondary N) is 3. The lowest BCUT2D eigenvalue weighted by Crippen LogP contribution is -2.44. The van der Waals surface area contributed by atoms with Gasteiger partial charge in [0.1, 0.15) is 18.7 Å². The number of carbonyl (C=O) groups is 1. The van der Waals surface area contributed by atoms with E-state index in [2.05, 4.69) is 35.2 Å². The van der Waals surface area contributed by atoms with Crippen LogP contribution in [0.4, 0.5) is 18.0 Å². The highest BCUT2D eigenvalue weighted by Crippen LogP contribution is 2.24. The molecule has 1 heterocycles. The van der Waals surface area contributed by atoms with Crippen LogP contribution in [0.25, 0.3) is 17.1 Å². The number of unbranched alkanes of at least 4 members (excludes halogenated alkanes) is 1. The molecule has 0 spiro atoms. The molecule has 0 atom stereocenters. The molecule has 0 bridgehead atoms. The quantitative estimate of drug-likeness (QED) is 0.0736. The van der Waals surface area contributed by atoms with Crippen molar-refractivity contribution in [3.63, 3.8) is 0 Å². The van der Waals surface area contributed by atoms with Gasteiger partial charge in [-0.05, 0) is 79.6 Å². The number of aryl methyl sites for hydroxylation is 2. The predicted molar refractivity (Wildman–Crippen MR) is 160 cm³/mol. The number of nitrogens with zero attached hydrogens (tertiary/aromatic N) is 4. The number of benzene rings is 3. The minimum atomic E-state index is -4.74. The first kappa shape index (κ1) is 31.4. The van der Waals surface area contributed by atoms with E-state index in [0.29, 0.717) is 18.1 Å². The Balaban J connectivity index is 1.13. The minimum Gasteiger partial charge on any atom is -0.406 e. The van der Waals surface area contributed by atoms with Crippen LogP contribution in [0.3, 0.4) is 0 Å². The van der Waals surface area contributed by atoms with Crippen LogP contribution in [0.15, 0.2) is 89.0 Å². The molecule has 0 saturated heterocycles. The molecule has 10 nitrogen and oxygen atoms in total. The lowest BCUT2D eigenvalue weighted by molar-refractivity contribution is -0.274. The summed E-state index contributed by atoms with van der Waals surface area (Å²) in [4.78, 5) is 21.5. The van der Waals surface area contributed by atoms with Gasteiger partial charge in [-0.1, -0.05) is 42.5 Å².